The van der Waals surface area contributed by atoms with Crippen LogP contribution in [0.1, 0.15) is 23.3 Å². The third-order valence-corrected chi connectivity index (χ3v) is 8.42. The van der Waals surface area contributed by atoms with Gasteiger partial charge in [-0.05, 0) is 48.9 Å². The lowest BCUT2D eigenvalue weighted by molar-refractivity contribution is -0.135. The second kappa shape index (κ2) is 9.36. The fourth-order valence-corrected chi connectivity index (χ4v) is 6.08. The summed E-state index contributed by atoms with van der Waals surface area (Å²) in [5, 5.41) is 2.03. The maximum Gasteiger partial charge on any atom is 0.243 e. The van der Waals surface area contributed by atoms with Crippen LogP contribution in [0.15, 0.2) is 34.5 Å². The van der Waals surface area contributed by atoms with E-state index in [1.54, 1.807) is 22.3 Å². The van der Waals surface area contributed by atoms with Gasteiger partial charge >= 0.3 is 0 Å². The summed E-state index contributed by atoms with van der Waals surface area (Å²) in [6, 6.07) is 6.63. The van der Waals surface area contributed by atoms with Crippen LogP contribution in [0.3, 0.4) is 0 Å². The van der Waals surface area contributed by atoms with Gasteiger partial charge in [0.25, 0.3) is 0 Å². The molecule has 0 unspecified atom stereocenters. The van der Waals surface area contributed by atoms with Crippen molar-refractivity contribution in [3.05, 3.63) is 40.1 Å². The van der Waals surface area contributed by atoms with E-state index in [1.165, 1.54) is 41.1 Å². The third kappa shape index (κ3) is 4.63. The number of carbonyl (C=O) groups excluding carboxylic acids is 1. The van der Waals surface area contributed by atoms with E-state index >= 15 is 0 Å². The van der Waals surface area contributed by atoms with Gasteiger partial charge < -0.3 is 14.4 Å². The zero-order chi connectivity index (χ0) is 21.9. The van der Waals surface area contributed by atoms with Crippen molar-refractivity contribution >= 4 is 27.3 Å². The van der Waals surface area contributed by atoms with Crippen LogP contribution in [-0.2, 0) is 21.4 Å². The van der Waals surface area contributed by atoms with Crippen molar-refractivity contribution in [2.24, 2.45) is 5.92 Å². The number of thiophene rings is 1. The zero-order valence-electron chi connectivity index (χ0n) is 17.8. The Labute approximate surface area is 182 Å². The summed E-state index contributed by atoms with van der Waals surface area (Å²) in [6.07, 6.45) is 1.03. The van der Waals surface area contributed by atoms with E-state index in [1.807, 2.05) is 19.4 Å². The molecule has 0 saturated carbocycles. The van der Waals surface area contributed by atoms with E-state index in [9.17, 15) is 13.2 Å². The van der Waals surface area contributed by atoms with Gasteiger partial charge in [-0.1, -0.05) is 0 Å². The molecule has 1 aromatic carbocycles. The van der Waals surface area contributed by atoms with Gasteiger partial charge in [-0.2, -0.15) is 4.31 Å². The Hall–Kier alpha value is -2.10. The maximum atomic E-state index is 13.1. The molecule has 2 heterocycles. The number of aryl methyl sites for hydroxylation is 1. The molecule has 1 saturated heterocycles. The highest BCUT2D eigenvalue weighted by atomic mass is 32.2. The van der Waals surface area contributed by atoms with Crippen LogP contribution in [0.2, 0.25) is 0 Å². The van der Waals surface area contributed by atoms with Crippen LogP contribution < -0.4 is 9.47 Å². The Morgan fingerprint density at radius 2 is 1.83 bits per heavy atom. The number of nitrogens with zero attached hydrogens (tertiary/aromatic N) is 2. The van der Waals surface area contributed by atoms with Crippen LogP contribution in [0, 0.1) is 12.8 Å². The number of hydrogen-bond acceptors (Lipinski definition) is 6. The predicted octanol–water partition coefficient (Wildman–Crippen LogP) is 3.13. The van der Waals surface area contributed by atoms with E-state index in [4.69, 9.17) is 9.47 Å². The zero-order valence-corrected chi connectivity index (χ0v) is 19.4. The normalized spacial score (nSPS) is 15.7. The van der Waals surface area contributed by atoms with Crippen molar-refractivity contribution in [1.82, 2.24) is 9.21 Å². The smallest absolute Gasteiger partial charge is 0.243 e. The van der Waals surface area contributed by atoms with Gasteiger partial charge in [-0.15, -0.1) is 11.3 Å². The first kappa shape index (κ1) is 22.6. The van der Waals surface area contributed by atoms with Crippen molar-refractivity contribution in [3.8, 4) is 11.5 Å². The molecule has 0 bridgehead atoms. The SMILES string of the molecule is COc1ccc(S(=O)(=O)N2CCC(C(=O)N(C)Cc3sccc3C)CC2)cc1OC. The summed E-state index contributed by atoms with van der Waals surface area (Å²) < 4.78 is 38.0. The van der Waals surface area contributed by atoms with Crippen LogP contribution in [-0.4, -0.2) is 57.9 Å². The Balaban J connectivity index is 1.64. The van der Waals surface area contributed by atoms with Gasteiger partial charge in [0.1, 0.15) is 0 Å². The quantitative estimate of drug-likeness (QED) is 0.645. The first-order valence-electron chi connectivity index (χ1n) is 9.78. The maximum absolute atomic E-state index is 13.1. The Morgan fingerprint density at radius 3 is 2.40 bits per heavy atom. The summed E-state index contributed by atoms with van der Waals surface area (Å²) in [4.78, 5) is 15.9. The number of benzene rings is 1. The largest absolute Gasteiger partial charge is 0.493 e. The monoisotopic (exact) mass is 452 g/mol. The molecule has 9 heteroatoms. The fraction of sp³-hybridized carbons (Fsp3) is 0.476. The summed E-state index contributed by atoms with van der Waals surface area (Å²) in [7, 11) is 1.13. The topological polar surface area (TPSA) is 76.2 Å². The van der Waals surface area contributed by atoms with E-state index in [2.05, 4.69) is 6.07 Å². The average Bonchev–Trinajstić information content (AvgIpc) is 3.16. The van der Waals surface area contributed by atoms with Crippen molar-refractivity contribution in [3.63, 3.8) is 0 Å². The third-order valence-electron chi connectivity index (χ3n) is 5.52. The lowest BCUT2D eigenvalue weighted by atomic mass is 9.96. The van der Waals surface area contributed by atoms with Gasteiger partial charge in [0.15, 0.2) is 11.5 Å². The Bertz CT molecular complexity index is 995. The minimum absolute atomic E-state index is 0.0750. The fourth-order valence-electron chi connectivity index (χ4n) is 3.64. The van der Waals surface area contributed by atoms with Crippen LogP contribution in [0.25, 0.3) is 0 Å². The summed E-state index contributed by atoms with van der Waals surface area (Å²) in [5.74, 6) is 0.761. The van der Waals surface area contributed by atoms with Gasteiger partial charge in [-0.25, -0.2) is 8.42 Å². The predicted molar refractivity (Wildman–Crippen MR) is 117 cm³/mol. The van der Waals surface area contributed by atoms with Crippen molar-refractivity contribution < 1.29 is 22.7 Å². The van der Waals surface area contributed by atoms with Gasteiger partial charge in [0.2, 0.25) is 15.9 Å². The number of sulfonamides is 1. The van der Waals surface area contributed by atoms with Crippen LogP contribution in [0.5, 0.6) is 11.5 Å². The molecule has 0 aliphatic carbocycles. The summed E-state index contributed by atoms with van der Waals surface area (Å²) >= 11 is 1.65. The molecule has 0 atom stereocenters. The number of hydrogen-bond donors (Lipinski definition) is 0. The van der Waals surface area contributed by atoms with Crippen molar-refractivity contribution in [1.29, 1.82) is 0 Å². The number of piperidine rings is 1. The number of amides is 1. The van der Waals surface area contributed by atoms with Crippen LogP contribution >= 0.6 is 11.3 Å². The first-order valence-corrected chi connectivity index (χ1v) is 12.1. The Morgan fingerprint density at radius 1 is 1.17 bits per heavy atom. The molecule has 1 aliphatic heterocycles. The van der Waals surface area contributed by atoms with Crippen molar-refractivity contribution in [2.45, 2.75) is 31.2 Å². The highest BCUT2D eigenvalue weighted by Crippen LogP contribution is 2.32. The molecule has 164 valence electrons. The van der Waals surface area contributed by atoms with Crippen LogP contribution in [0.4, 0.5) is 0 Å². The second-order valence-corrected chi connectivity index (χ2v) is 10.4. The molecule has 2 aromatic rings. The minimum Gasteiger partial charge on any atom is -0.493 e. The molecular weight excluding hydrogens is 424 g/mol. The van der Waals surface area contributed by atoms with E-state index in [0.717, 1.165) is 0 Å². The average molecular weight is 453 g/mol. The van der Waals surface area contributed by atoms with Crippen molar-refractivity contribution in [2.75, 3.05) is 34.4 Å². The van der Waals surface area contributed by atoms with Gasteiger partial charge in [-0.3, -0.25) is 4.79 Å². The highest BCUT2D eigenvalue weighted by Gasteiger charge is 2.33. The lowest BCUT2D eigenvalue weighted by Gasteiger charge is -2.32. The molecule has 30 heavy (non-hydrogen) atoms. The molecule has 1 amide bonds. The molecule has 1 aliphatic rings. The van der Waals surface area contributed by atoms with E-state index in [0.29, 0.717) is 44.0 Å². The summed E-state index contributed by atoms with van der Waals surface area (Å²) in [5.41, 5.74) is 1.19. The summed E-state index contributed by atoms with van der Waals surface area (Å²) in [6.45, 7) is 3.27. The Kier molecular flexibility index (Phi) is 7.05. The second-order valence-electron chi connectivity index (χ2n) is 7.42. The molecule has 7 nitrogen and oxygen atoms in total. The molecule has 0 N–H and O–H groups in total. The number of carbonyl (C=O) groups is 1. The number of ether oxygens (including phenoxy) is 2. The van der Waals surface area contributed by atoms with E-state index in [-0.39, 0.29) is 16.7 Å². The van der Waals surface area contributed by atoms with Gasteiger partial charge in [0.05, 0.1) is 25.7 Å². The van der Waals surface area contributed by atoms with Gasteiger partial charge in [0, 0.05) is 37.0 Å². The molecule has 3 rings (SSSR count). The standard InChI is InChI=1S/C21H28N2O5S2/c1-15-9-12-29-20(15)14-22(2)21(24)16-7-10-23(11-8-16)30(25,26)17-5-6-18(27-3)19(13-17)28-4/h5-6,9,12-13,16H,7-8,10-11,14H2,1-4H3. The first-order chi connectivity index (χ1) is 14.3. The molecule has 0 radical (unpaired) electrons. The lowest BCUT2D eigenvalue weighted by Crippen LogP contribution is -2.43. The number of rotatable bonds is 7. The molecule has 1 aromatic heterocycles. The molecule has 1 fully saturated rings. The van der Waals surface area contributed by atoms with E-state index < -0.39 is 10.0 Å². The highest BCUT2D eigenvalue weighted by molar-refractivity contribution is 7.89. The molecule has 0 spiro atoms. The molecular formula is C21H28N2O5S2. The number of methoxy groups -OCH3 is 2. The minimum atomic E-state index is -3.66.